The number of esters is 1. The van der Waals surface area contributed by atoms with Crippen molar-refractivity contribution in [2.75, 3.05) is 33.3 Å². The first-order chi connectivity index (χ1) is 10.7. The van der Waals surface area contributed by atoms with E-state index in [1.807, 2.05) is 14.0 Å². The van der Waals surface area contributed by atoms with Crippen molar-refractivity contribution in [3.05, 3.63) is 12.2 Å². The molecule has 22 heavy (non-hydrogen) atoms. The molecule has 1 aliphatic heterocycles. The molecule has 0 aromatic rings. The van der Waals surface area contributed by atoms with Crippen molar-refractivity contribution >= 4 is 11.9 Å². The number of rotatable bonds is 4. The van der Waals surface area contributed by atoms with Gasteiger partial charge in [-0.15, -0.1) is 0 Å². The van der Waals surface area contributed by atoms with Gasteiger partial charge in [0.15, 0.2) is 5.96 Å². The summed E-state index contributed by atoms with van der Waals surface area (Å²) in [5, 5.41) is 3.49. The van der Waals surface area contributed by atoms with Crippen molar-refractivity contribution in [1.82, 2.24) is 10.2 Å². The van der Waals surface area contributed by atoms with E-state index in [4.69, 9.17) is 4.74 Å². The van der Waals surface area contributed by atoms with Crippen molar-refractivity contribution in [2.24, 2.45) is 16.8 Å². The quantitative estimate of drug-likeness (QED) is 0.374. The summed E-state index contributed by atoms with van der Waals surface area (Å²) in [6.07, 6.45) is 10.0. The summed E-state index contributed by atoms with van der Waals surface area (Å²) in [7, 11) is 1.82. The van der Waals surface area contributed by atoms with Gasteiger partial charge in [-0.1, -0.05) is 12.2 Å². The van der Waals surface area contributed by atoms with Gasteiger partial charge in [0, 0.05) is 26.7 Å². The fourth-order valence-corrected chi connectivity index (χ4v) is 3.23. The minimum atomic E-state index is -0.0694. The lowest BCUT2D eigenvalue weighted by Gasteiger charge is -2.34. The Balaban J connectivity index is 1.84. The van der Waals surface area contributed by atoms with Crippen LogP contribution in [0.3, 0.4) is 0 Å². The molecule has 0 bridgehead atoms. The molecule has 2 atom stereocenters. The Labute approximate surface area is 133 Å². The van der Waals surface area contributed by atoms with Crippen LogP contribution < -0.4 is 5.32 Å². The van der Waals surface area contributed by atoms with Crippen LogP contribution in [0.5, 0.6) is 0 Å². The fraction of sp³-hybridized carbons (Fsp3) is 0.765. The highest BCUT2D eigenvalue weighted by molar-refractivity contribution is 5.81. The van der Waals surface area contributed by atoms with Gasteiger partial charge in [-0.25, -0.2) is 0 Å². The van der Waals surface area contributed by atoms with Crippen molar-refractivity contribution in [2.45, 2.75) is 39.0 Å². The smallest absolute Gasteiger partial charge is 0.310 e. The molecule has 0 radical (unpaired) electrons. The Morgan fingerprint density at radius 3 is 2.95 bits per heavy atom. The van der Waals surface area contributed by atoms with Crippen LogP contribution in [-0.4, -0.2) is 50.1 Å². The molecule has 5 heteroatoms. The van der Waals surface area contributed by atoms with Gasteiger partial charge >= 0.3 is 5.97 Å². The lowest BCUT2D eigenvalue weighted by atomic mass is 9.94. The molecule has 2 aliphatic rings. The topological polar surface area (TPSA) is 53.9 Å². The molecule has 5 nitrogen and oxygen atoms in total. The van der Waals surface area contributed by atoms with E-state index in [9.17, 15) is 4.79 Å². The number of likely N-dealkylation sites (tertiary alicyclic amines) is 1. The van der Waals surface area contributed by atoms with Crippen LogP contribution in [0.2, 0.25) is 0 Å². The molecule has 0 spiro atoms. The van der Waals surface area contributed by atoms with E-state index in [0.717, 1.165) is 38.3 Å². The van der Waals surface area contributed by atoms with Crippen LogP contribution in [0.25, 0.3) is 0 Å². The van der Waals surface area contributed by atoms with Crippen LogP contribution in [0, 0.1) is 11.8 Å². The van der Waals surface area contributed by atoms with Crippen LogP contribution >= 0.6 is 0 Å². The number of hydrogen-bond acceptors (Lipinski definition) is 3. The third-order valence-electron chi connectivity index (χ3n) is 4.48. The molecule has 0 amide bonds. The Morgan fingerprint density at radius 2 is 2.27 bits per heavy atom. The zero-order valence-corrected chi connectivity index (χ0v) is 13.9. The number of piperidine rings is 1. The average molecular weight is 307 g/mol. The summed E-state index contributed by atoms with van der Waals surface area (Å²) >= 11 is 0. The van der Waals surface area contributed by atoms with Gasteiger partial charge in [-0.3, -0.25) is 9.79 Å². The summed E-state index contributed by atoms with van der Waals surface area (Å²) in [6, 6.07) is 0. The number of nitrogens with zero attached hydrogens (tertiary/aromatic N) is 2. The summed E-state index contributed by atoms with van der Waals surface area (Å²) in [4.78, 5) is 18.5. The van der Waals surface area contributed by atoms with Gasteiger partial charge < -0.3 is 15.0 Å². The standard InChI is InChI=1S/C17H29N3O2/c1-3-22-16(21)15-10-7-11-20(13-15)17(18-2)19-12-14-8-5-4-6-9-14/h4-5,14-15H,3,6-13H2,1-2H3,(H,18,19)/t14?,15-/m0/s1. The lowest BCUT2D eigenvalue weighted by molar-refractivity contribution is -0.149. The van der Waals surface area contributed by atoms with Gasteiger partial charge in [0.1, 0.15) is 0 Å². The third-order valence-corrected chi connectivity index (χ3v) is 4.48. The first kappa shape index (κ1) is 16.8. The molecule has 1 aliphatic carbocycles. The number of carbonyl (C=O) groups is 1. The van der Waals surface area contributed by atoms with E-state index in [0.29, 0.717) is 19.1 Å². The Kier molecular flexibility index (Phi) is 6.74. The summed E-state index contributed by atoms with van der Waals surface area (Å²) in [5.41, 5.74) is 0. The molecule has 1 unspecified atom stereocenters. The molecule has 1 saturated heterocycles. The number of carbonyl (C=O) groups excluding carboxylic acids is 1. The van der Waals surface area contributed by atoms with E-state index in [1.54, 1.807) is 0 Å². The second kappa shape index (κ2) is 8.81. The maximum absolute atomic E-state index is 11.9. The monoisotopic (exact) mass is 307 g/mol. The second-order valence-electron chi connectivity index (χ2n) is 6.12. The molecule has 1 fully saturated rings. The molecule has 0 aromatic heterocycles. The highest BCUT2D eigenvalue weighted by Gasteiger charge is 2.28. The average Bonchev–Trinajstić information content (AvgIpc) is 2.57. The second-order valence-corrected chi connectivity index (χ2v) is 6.12. The van der Waals surface area contributed by atoms with Crippen LogP contribution in [-0.2, 0) is 9.53 Å². The summed E-state index contributed by atoms with van der Waals surface area (Å²) < 4.78 is 5.16. The lowest BCUT2D eigenvalue weighted by Crippen LogP contribution is -2.49. The van der Waals surface area contributed by atoms with Gasteiger partial charge in [0.2, 0.25) is 0 Å². The van der Waals surface area contributed by atoms with E-state index in [2.05, 4.69) is 27.4 Å². The molecule has 124 valence electrons. The van der Waals surface area contributed by atoms with Crippen LogP contribution in [0.15, 0.2) is 17.1 Å². The molecule has 2 rings (SSSR count). The zero-order valence-electron chi connectivity index (χ0n) is 13.9. The fourth-order valence-electron chi connectivity index (χ4n) is 3.23. The normalized spacial score (nSPS) is 25.9. The minimum absolute atomic E-state index is 0.0233. The number of hydrogen-bond donors (Lipinski definition) is 1. The van der Waals surface area contributed by atoms with E-state index in [1.165, 1.54) is 12.8 Å². The number of aliphatic imine (C=N–C) groups is 1. The largest absolute Gasteiger partial charge is 0.466 e. The predicted molar refractivity (Wildman–Crippen MR) is 88.8 cm³/mol. The molecule has 1 N–H and O–H groups in total. The predicted octanol–water partition coefficient (Wildman–Crippen LogP) is 2.19. The molecular weight excluding hydrogens is 278 g/mol. The molecule has 0 aromatic carbocycles. The number of nitrogens with one attached hydrogen (secondary N) is 1. The van der Waals surface area contributed by atoms with Crippen molar-refractivity contribution < 1.29 is 9.53 Å². The van der Waals surface area contributed by atoms with Gasteiger partial charge in [0.05, 0.1) is 12.5 Å². The minimum Gasteiger partial charge on any atom is -0.466 e. The van der Waals surface area contributed by atoms with E-state index < -0.39 is 0 Å². The Hall–Kier alpha value is -1.52. The van der Waals surface area contributed by atoms with E-state index in [-0.39, 0.29) is 11.9 Å². The van der Waals surface area contributed by atoms with Gasteiger partial charge in [-0.2, -0.15) is 0 Å². The van der Waals surface area contributed by atoms with Gasteiger partial charge in [0.25, 0.3) is 0 Å². The Morgan fingerprint density at radius 1 is 1.41 bits per heavy atom. The number of guanidine groups is 1. The SMILES string of the molecule is CCOC(=O)[C@H]1CCCN(C(=NC)NCC2CC=CCC2)C1. The van der Waals surface area contributed by atoms with E-state index >= 15 is 0 Å². The Bertz CT molecular complexity index is 420. The molecule has 0 saturated carbocycles. The maximum atomic E-state index is 11.9. The summed E-state index contributed by atoms with van der Waals surface area (Å²) in [5.74, 6) is 1.51. The van der Waals surface area contributed by atoms with Crippen LogP contribution in [0.4, 0.5) is 0 Å². The first-order valence-corrected chi connectivity index (χ1v) is 8.51. The zero-order chi connectivity index (χ0) is 15.8. The van der Waals surface area contributed by atoms with Crippen molar-refractivity contribution in [3.63, 3.8) is 0 Å². The van der Waals surface area contributed by atoms with Gasteiger partial charge in [-0.05, 0) is 44.9 Å². The summed E-state index contributed by atoms with van der Waals surface area (Å²) in [6.45, 7) is 4.94. The maximum Gasteiger partial charge on any atom is 0.310 e. The highest BCUT2D eigenvalue weighted by atomic mass is 16.5. The molecule has 1 heterocycles. The number of ether oxygens (including phenoxy) is 1. The molecular formula is C17H29N3O2. The van der Waals surface area contributed by atoms with Crippen LogP contribution in [0.1, 0.15) is 39.0 Å². The number of allylic oxidation sites excluding steroid dienone is 2. The highest BCUT2D eigenvalue weighted by Crippen LogP contribution is 2.19. The van der Waals surface area contributed by atoms with Crippen molar-refractivity contribution in [3.8, 4) is 0 Å². The third kappa shape index (κ3) is 4.75. The van der Waals surface area contributed by atoms with Crippen molar-refractivity contribution in [1.29, 1.82) is 0 Å². The first-order valence-electron chi connectivity index (χ1n) is 8.51.